The summed E-state index contributed by atoms with van der Waals surface area (Å²) in [6.07, 6.45) is 1.94. The number of nitrogens with one attached hydrogen (secondary N) is 2. The molecule has 1 fully saturated rings. The maximum atomic E-state index is 12.2. The highest BCUT2D eigenvalue weighted by Crippen LogP contribution is 2.16. The number of carbonyl (C=O) groups is 1. The molecule has 0 aromatic heterocycles. The number of likely N-dealkylation sites (tertiary alicyclic amines) is 1. The van der Waals surface area contributed by atoms with E-state index in [4.69, 9.17) is 0 Å². The topological polar surface area (TPSA) is 33.5 Å². The minimum atomic E-state index is 0.141. The van der Waals surface area contributed by atoms with E-state index in [2.05, 4.69) is 38.2 Å². The zero-order valence-electron chi connectivity index (χ0n) is 13.8. The van der Waals surface area contributed by atoms with Crippen molar-refractivity contribution < 1.29 is 9.69 Å². The first-order valence-electron chi connectivity index (χ1n) is 8.14. The Morgan fingerprint density at radius 3 is 2.57 bits per heavy atom. The number of anilines is 1. The van der Waals surface area contributed by atoms with Gasteiger partial charge in [0, 0.05) is 17.5 Å². The summed E-state index contributed by atoms with van der Waals surface area (Å²) in [5, 5.41) is 3.06. The predicted octanol–water partition coefficient (Wildman–Crippen LogP) is 2.19. The van der Waals surface area contributed by atoms with E-state index in [0.717, 1.165) is 29.6 Å². The summed E-state index contributed by atoms with van der Waals surface area (Å²) in [7, 11) is 0. The third-order valence-corrected chi connectivity index (χ3v) is 4.45. The SMILES string of the molecule is Cc1ccc(C)c(NC(=O)CC[NH+]2CC(C)CC(C)C2)c1. The van der Waals surface area contributed by atoms with Gasteiger partial charge in [-0.1, -0.05) is 26.0 Å². The fourth-order valence-electron chi connectivity index (χ4n) is 3.50. The van der Waals surface area contributed by atoms with Crippen molar-refractivity contribution in [2.75, 3.05) is 25.0 Å². The molecule has 3 nitrogen and oxygen atoms in total. The van der Waals surface area contributed by atoms with Crippen LogP contribution in [0.3, 0.4) is 0 Å². The smallest absolute Gasteiger partial charge is 0.230 e. The molecule has 3 heteroatoms. The average molecular weight is 289 g/mol. The van der Waals surface area contributed by atoms with Gasteiger partial charge in [-0.3, -0.25) is 4.79 Å². The van der Waals surface area contributed by atoms with Crippen molar-refractivity contribution in [3.63, 3.8) is 0 Å². The van der Waals surface area contributed by atoms with E-state index in [1.807, 2.05) is 13.0 Å². The predicted molar refractivity (Wildman–Crippen MR) is 87.7 cm³/mol. The second-order valence-electron chi connectivity index (χ2n) is 6.97. The Morgan fingerprint density at radius 1 is 1.24 bits per heavy atom. The third kappa shape index (κ3) is 4.85. The molecule has 2 N–H and O–H groups in total. The van der Waals surface area contributed by atoms with Gasteiger partial charge in [0.1, 0.15) is 0 Å². The van der Waals surface area contributed by atoms with E-state index < -0.39 is 0 Å². The number of rotatable bonds is 4. The molecule has 0 saturated carbocycles. The Morgan fingerprint density at radius 2 is 1.90 bits per heavy atom. The van der Waals surface area contributed by atoms with Gasteiger partial charge in [0.25, 0.3) is 0 Å². The van der Waals surface area contributed by atoms with E-state index >= 15 is 0 Å². The van der Waals surface area contributed by atoms with E-state index in [9.17, 15) is 4.79 Å². The first-order chi connectivity index (χ1) is 9.94. The van der Waals surface area contributed by atoms with E-state index in [1.54, 1.807) is 4.90 Å². The number of carbonyl (C=O) groups excluding carboxylic acids is 1. The van der Waals surface area contributed by atoms with Crippen molar-refractivity contribution >= 4 is 11.6 Å². The molecule has 2 atom stereocenters. The monoisotopic (exact) mass is 289 g/mol. The summed E-state index contributed by atoms with van der Waals surface area (Å²) in [4.78, 5) is 13.7. The molecule has 1 aliphatic rings. The van der Waals surface area contributed by atoms with Crippen molar-refractivity contribution in [2.24, 2.45) is 11.8 Å². The summed E-state index contributed by atoms with van der Waals surface area (Å²) in [5.41, 5.74) is 3.26. The Labute approximate surface area is 128 Å². The quantitative estimate of drug-likeness (QED) is 0.875. The van der Waals surface area contributed by atoms with Gasteiger partial charge in [-0.25, -0.2) is 0 Å². The molecule has 0 spiro atoms. The Kier molecular flexibility index (Phi) is 5.40. The molecular weight excluding hydrogens is 260 g/mol. The lowest BCUT2D eigenvalue weighted by Crippen LogP contribution is -3.14. The van der Waals surface area contributed by atoms with Gasteiger partial charge in [-0.05, 0) is 37.5 Å². The lowest BCUT2D eigenvalue weighted by molar-refractivity contribution is -0.911. The molecule has 2 unspecified atom stereocenters. The number of amides is 1. The maximum absolute atomic E-state index is 12.2. The highest BCUT2D eigenvalue weighted by molar-refractivity contribution is 5.91. The Hall–Kier alpha value is -1.35. The zero-order valence-corrected chi connectivity index (χ0v) is 13.8. The van der Waals surface area contributed by atoms with Crippen LogP contribution in [0.25, 0.3) is 0 Å². The Bertz CT molecular complexity index is 488. The molecule has 0 bridgehead atoms. The van der Waals surface area contributed by atoms with Crippen molar-refractivity contribution in [3.05, 3.63) is 29.3 Å². The number of aryl methyl sites for hydroxylation is 2. The van der Waals surface area contributed by atoms with Gasteiger partial charge in [-0.15, -0.1) is 0 Å². The molecule has 21 heavy (non-hydrogen) atoms. The number of quaternary nitrogens is 1. The average Bonchev–Trinajstić information content (AvgIpc) is 2.40. The number of piperidine rings is 1. The fraction of sp³-hybridized carbons (Fsp3) is 0.611. The normalized spacial score (nSPS) is 25.6. The molecule has 116 valence electrons. The molecular formula is C18H29N2O+. The van der Waals surface area contributed by atoms with Crippen LogP contribution >= 0.6 is 0 Å². The van der Waals surface area contributed by atoms with Gasteiger partial charge in [0.15, 0.2) is 0 Å². The van der Waals surface area contributed by atoms with Crippen LogP contribution in [-0.4, -0.2) is 25.5 Å². The summed E-state index contributed by atoms with van der Waals surface area (Å²) in [6.45, 7) is 12.1. The minimum absolute atomic E-state index is 0.141. The lowest BCUT2D eigenvalue weighted by atomic mass is 9.92. The highest BCUT2D eigenvalue weighted by atomic mass is 16.1. The van der Waals surface area contributed by atoms with E-state index in [0.29, 0.717) is 6.42 Å². The van der Waals surface area contributed by atoms with Crippen LogP contribution in [0.1, 0.15) is 37.8 Å². The van der Waals surface area contributed by atoms with Gasteiger partial charge >= 0.3 is 0 Å². The molecule has 1 aliphatic heterocycles. The van der Waals surface area contributed by atoms with Crippen LogP contribution < -0.4 is 10.2 Å². The number of hydrogen-bond donors (Lipinski definition) is 2. The molecule has 1 aromatic rings. The van der Waals surface area contributed by atoms with Crippen LogP contribution in [0.4, 0.5) is 5.69 Å². The van der Waals surface area contributed by atoms with Crippen molar-refractivity contribution in [3.8, 4) is 0 Å². The van der Waals surface area contributed by atoms with Crippen molar-refractivity contribution in [1.82, 2.24) is 0 Å². The zero-order chi connectivity index (χ0) is 15.4. The minimum Gasteiger partial charge on any atom is -0.334 e. The number of hydrogen-bond acceptors (Lipinski definition) is 1. The lowest BCUT2D eigenvalue weighted by Gasteiger charge is -2.31. The first kappa shape index (κ1) is 16.0. The molecule has 1 heterocycles. The highest BCUT2D eigenvalue weighted by Gasteiger charge is 2.25. The Balaban J connectivity index is 1.83. The van der Waals surface area contributed by atoms with Crippen molar-refractivity contribution in [1.29, 1.82) is 0 Å². The van der Waals surface area contributed by atoms with Crippen LogP contribution in [0, 0.1) is 25.7 Å². The molecule has 1 aromatic carbocycles. The molecule has 0 radical (unpaired) electrons. The molecule has 2 rings (SSSR count). The maximum Gasteiger partial charge on any atom is 0.230 e. The summed E-state index contributed by atoms with van der Waals surface area (Å²) in [5.74, 6) is 1.71. The third-order valence-electron chi connectivity index (χ3n) is 4.45. The van der Waals surface area contributed by atoms with Gasteiger partial charge in [-0.2, -0.15) is 0 Å². The summed E-state index contributed by atoms with van der Waals surface area (Å²) < 4.78 is 0. The van der Waals surface area contributed by atoms with Gasteiger partial charge in [0.2, 0.25) is 5.91 Å². The van der Waals surface area contributed by atoms with Crippen LogP contribution in [0.2, 0.25) is 0 Å². The fourth-order valence-corrected chi connectivity index (χ4v) is 3.50. The second kappa shape index (κ2) is 7.08. The summed E-state index contributed by atoms with van der Waals surface area (Å²) in [6, 6.07) is 6.18. The molecule has 1 amide bonds. The van der Waals surface area contributed by atoms with E-state index in [-0.39, 0.29) is 5.91 Å². The van der Waals surface area contributed by atoms with Gasteiger partial charge in [0.05, 0.1) is 26.1 Å². The van der Waals surface area contributed by atoms with E-state index in [1.165, 1.54) is 25.1 Å². The summed E-state index contributed by atoms with van der Waals surface area (Å²) >= 11 is 0. The van der Waals surface area contributed by atoms with Gasteiger partial charge < -0.3 is 10.2 Å². The standard InChI is InChI=1S/C18H28N2O/c1-13-5-6-16(4)17(10-13)19-18(21)7-8-20-11-14(2)9-15(3)12-20/h5-6,10,14-15H,7-9,11-12H2,1-4H3,(H,19,21)/p+1. The van der Waals surface area contributed by atoms with Crippen LogP contribution in [0.5, 0.6) is 0 Å². The first-order valence-corrected chi connectivity index (χ1v) is 8.14. The molecule has 1 saturated heterocycles. The number of benzene rings is 1. The van der Waals surface area contributed by atoms with Crippen molar-refractivity contribution in [2.45, 2.75) is 40.5 Å². The van der Waals surface area contributed by atoms with Crippen LogP contribution in [-0.2, 0) is 4.79 Å². The molecule has 0 aliphatic carbocycles. The second-order valence-corrected chi connectivity index (χ2v) is 6.97. The van der Waals surface area contributed by atoms with Crippen LogP contribution in [0.15, 0.2) is 18.2 Å². The largest absolute Gasteiger partial charge is 0.334 e.